The van der Waals surface area contributed by atoms with Crippen molar-refractivity contribution in [2.45, 2.75) is 38.1 Å². The molecule has 20 heavy (non-hydrogen) atoms. The summed E-state index contributed by atoms with van der Waals surface area (Å²) < 4.78 is 0. The van der Waals surface area contributed by atoms with Crippen LogP contribution in [-0.2, 0) is 12.8 Å². The minimum Gasteiger partial charge on any atom is -0.323 e. The largest absolute Gasteiger partial charge is 0.323 e. The van der Waals surface area contributed by atoms with Gasteiger partial charge in [-0.25, -0.2) is 0 Å². The molecular formula is C18H21NS. The number of benzene rings is 1. The lowest BCUT2D eigenvalue weighted by molar-refractivity contribution is 0.562. The van der Waals surface area contributed by atoms with Crippen molar-refractivity contribution in [2.75, 3.05) is 0 Å². The number of aryl methyl sites for hydroxylation is 2. The predicted molar refractivity (Wildman–Crippen MR) is 85.1 cm³/mol. The number of rotatable bonds is 3. The maximum atomic E-state index is 6.60. The molecule has 1 aromatic carbocycles. The number of hydrogen-bond acceptors (Lipinski definition) is 2. The second-order valence-electron chi connectivity index (χ2n) is 6.19. The normalized spacial score (nSPS) is 28.6. The summed E-state index contributed by atoms with van der Waals surface area (Å²) >= 11 is 1.91. The Balaban J connectivity index is 1.60. The fourth-order valence-corrected chi connectivity index (χ4v) is 5.08. The first-order valence-corrected chi connectivity index (χ1v) is 8.53. The van der Waals surface area contributed by atoms with Gasteiger partial charge in [-0.15, -0.1) is 11.3 Å². The highest BCUT2D eigenvalue weighted by atomic mass is 32.1. The topological polar surface area (TPSA) is 26.0 Å². The SMILES string of the molecule is CCc1ccc(C(N)C2C3CCc4ccccc4C32)s1. The van der Waals surface area contributed by atoms with Gasteiger partial charge in [-0.3, -0.25) is 0 Å². The van der Waals surface area contributed by atoms with Crippen molar-refractivity contribution < 1.29 is 0 Å². The van der Waals surface area contributed by atoms with Crippen LogP contribution in [-0.4, -0.2) is 0 Å². The Bertz CT molecular complexity index is 630. The average molecular weight is 283 g/mol. The van der Waals surface area contributed by atoms with Gasteiger partial charge < -0.3 is 5.73 Å². The molecule has 1 aromatic heterocycles. The van der Waals surface area contributed by atoms with Gasteiger partial charge in [0.15, 0.2) is 0 Å². The van der Waals surface area contributed by atoms with Crippen LogP contribution in [0.25, 0.3) is 0 Å². The molecule has 0 amide bonds. The van der Waals surface area contributed by atoms with Gasteiger partial charge >= 0.3 is 0 Å². The molecule has 2 aromatic rings. The summed E-state index contributed by atoms with van der Waals surface area (Å²) in [5.74, 6) is 2.22. The van der Waals surface area contributed by atoms with Gasteiger partial charge in [0.1, 0.15) is 0 Å². The fourth-order valence-electron chi connectivity index (χ4n) is 4.06. The third-order valence-corrected chi connectivity index (χ3v) is 6.50. The van der Waals surface area contributed by atoms with Gasteiger partial charge in [0.25, 0.3) is 0 Å². The monoisotopic (exact) mass is 283 g/mol. The van der Waals surface area contributed by atoms with E-state index in [0.717, 1.165) is 18.3 Å². The van der Waals surface area contributed by atoms with Crippen LogP contribution in [0.3, 0.4) is 0 Å². The van der Waals surface area contributed by atoms with E-state index in [2.05, 4.69) is 43.3 Å². The van der Waals surface area contributed by atoms with Crippen molar-refractivity contribution in [1.29, 1.82) is 0 Å². The highest BCUT2D eigenvalue weighted by molar-refractivity contribution is 7.12. The molecule has 2 aliphatic carbocycles. The molecule has 2 aliphatic rings. The molecule has 1 fully saturated rings. The predicted octanol–water partition coefficient (Wildman–Crippen LogP) is 4.29. The lowest BCUT2D eigenvalue weighted by Gasteiger charge is -2.13. The van der Waals surface area contributed by atoms with Crippen molar-refractivity contribution in [2.24, 2.45) is 17.6 Å². The molecule has 1 nitrogen and oxygen atoms in total. The summed E-state index contributed by atoms with van der Waals surface area (Å²) in [6.45, 7) is 2.22. The Morgan fingerprint density at radius 2 is 2.10 bits per heavy atom. The smallest absolute Gasteiger partial charge is 0.0427 e. The second-order valence-corrected chi connectivity index (χ2v) is 7.39. The Labute approximate surface area is 124 Å². The number of thiophene rings is 1. The maximum Gasteiger partial charge on any atom is 0.0427 e. The standard InChI is InChI=1S/C18H21NS/c1-2-12-8-10-15(20-12)18(19)17-14-9-7-11-5-3-4-6-13(11)16(14)17/h3-6,8,10,14,16-18H,2,7,9,19H2,1H3. The van der Waals surface area contributed by atoms with Crippen LogP contribution >= 0.6 is 11.3 Å². The molecule has 1 heterocycles. The van der Waals surface area contributed by atoms with Gasteiger partial charge in [0.05, 0.1) is 0 Å². The summed E-state index contributed by atoms with van der Waals surface area (Å²) in [6, 6.07) is 13.7. The van der Waals surface area contributed by atoms with E-state index in [9.17, 15) is 0 Å². The van der Waals surface area contributed by atoms with E-state index < -0.39 is 0 Å². The van der Waals surface area contributed by atoms with E-state index in [-0.39, 0.29) is 6.04 Å². The van der Waals surface area contributed by atoms with Crippen LogP contribution in [0.1, 0.15) is 46.2 Å². The third-order valence-electron chi connectivity index (χ3n) is 5.16. The van der Waals surface area contributed by atoms with E-state index >= 15 is 0 Å². The van der Waals surface area contributed by atoms with Crippen molar-refractivity contribution in [1.82, 2.24) is 0 Å². The number of nitrogens with two attached hydrogens (primary N) is 1. The highest BCUT2D eigenvalue weighted by Gasteiger charge is 2.55. The van der Waals surface area contributed by atoms with Crippen LogP contribution < -0.4 is 5.73 Å². The van der Waals surface area contributed by atoms with E-state index in [4.69, 9.17) is 5.73 Å². The summed E-state index contributed by atoms with van der Waals surface area (Å²) in [5, 5.41) is 0. The zero-order chi connectivity index (χ0) is 13.7. The molecule has 0 radical (unpaired) electrons. The number of fused-ring (bicyclic) bond motifs is 3. The quantitative estimate of drug-likeness (QED) is 0.893. The second kappa shape index (κ2) is 4.71. The third kappa shape index (κ3) is 1.86. The highest BCUT2D eigenvalue weighted by Crippen LogP contribution is 2.63. The van der Waals surface area contributed by atoms with Crippen molar-refractivity contribution in [3.63, 3.8) is 0 Å². The Kier molecular flexibility index (Phi) is 2.97. The molecule has 4 unspecified atom stereocenters. The fraction of sp³-hybridized carbons (Fsp3) is 0.444. The first-order valence-electron chi connectivity index (χ1n) is 7.71. The first-order chi connectivity index (χ1) is 9.79. The van der Waals surface area contributed by atoms with Gasteiger partial charge in [-0.1, -0.05) is 31.2 Å². The van der Waals surface area contributed by atoms with Crippen molar-refractivity contribution in [3.8, 4) is 0 Å². The Hall–Kier alpha value is -1.12. The molecule has 0 aliphatic heterocycles. The molecule has 104 valence electrons. The van der Waals surface area contributed by atoms with Crippen molar-refractivity contribution >= 4 is 11.3 Å². The Morgan fingerprint density at radius 3 is 2.90 bits per heavy atom. The average Bonchev–Trinajstić information content (AvgIpc) is 3.04. The van der Waals surface area contributed by atoms with E-state index in [1.165, 1.54) is 22.6 Å². The van der Waals surface area contributed by atoms with E-state index in [0.29, 0.717) is 5.92 Å². The van der Waals surface area contributed by atoms with Gasteiger partial charge in [0.2, 0.25) is 0 Å². The lowest BCUT2D eigenvalue weighted by atomic mass is 9.92. The number of hydrogen-bond donors (Lipinski definition) is 1. The summed E-state index contributed by atoms with van der Waals surface area (Å²) in [4.78, 5) is 2.85. The molecule has 0 spiro atoms. The molecular weight excluding hydrogens is 262 g/mol. The Morgan fingerprint density at radius 1 is 1.25 bits per heavy atom. The first kappa shape index (κ1) is 12.6. The van der Waals surface area contributed by atoms with Gasteiger partial charge in [-0.05, 0) is 60.3 Å². The van der Waals surface area contributed by atoms with Gasteiger partial charge in [0, 0.05) is 15.8 Å². The molecule has 1 saturated carbocycles. The van der Waals surface area contributed by atoms with Crippen LogP contribution in [0.4, 0.5) is 0 Å². The maximum absolute atomic E-state index is 6.60. The molecule has 4 rings (SSSR count). The van der Waals surface area contributed by atoms with Crippen LogP contribution in [0, 0.1) is 11.8 Å². The van der Waals surface area contributed by atoms with Crippen LogP contribution in [0.15, 0.2) is 36.4 Å². The van der Waals surface area contributed by atoms with E-state index in [1.54, 1.807) is 11.1 Å². The summed E-state index contributed by atoms with van der Waals surface area (Å²) in [7, 11) is 0. The van der Waals surface area contributed by atoms with Gasteiger partial charge in [-0.2, -0.15) is 0 Å². The zero-order valence-corrected chi connectivity index (χ0v) is 12.7. The molecule has 0 bridgehead atoms. The zero-order valence-electron chi connectivity index (χ0n) is 11.9. The van der Waals surface area contributed by atoms with Crippen molar-refractivity contribution in [3.05, 3.63) is 57.3 Å². The molecule has 2 heteroatoms. The van der Waals surface area contributed by atoms with Crippen LogP contribution in [0.5, 0.6) is 0 Å². The molecule has 0 saturated heterocycles. The molecule has 2 N–H and O–H groups in total. The minimum atomic E-state index is 0.237. The van der Waals surface area contributed by atoms with Crippen LogP contribution in [0.2, 0.25) is 0 Å². The van der Waals surface area contributed by atoms with E-state index in [1.807, 2.05) is 11.3 Å². The summed E-state index contributed by atoms with van der Waals surface area (Å²) in [6.07, 6.45) is 3.69. The lowest BCUT2D eigenvalue weighted by Crippen LogP contribution is -2.12. The summed E-state index contributed by atoms with van der Waals surface area (Å²) in [5.41, 5.74) is 9.73. The molecule has 4 atom stereocenters. The minimum absolute atomic E-state index is 0.237.